The van der Waals surface area contributed by atoms with Crippen LogP contribution in [-0.4, -0.2) is 25.5 Å². The number of aromatic nitrogens is 4. The number of anilines is 1. The summed E-state index contributed by atoms with van der Waals surface area (Å²) in [7, 11) is 0. The molecule has 162 valence electrons. The molecular formula is C25H17Cl2N5O. The van der Waals surface area contributed by atoms with Crippen molar-refractivity contribution in [2.75, 3.05) is 5.32 Å². The van der Waals surface area contributed by atoms with Crippen molar-refractivity contribution in [1.29, 1.82) is 0 Å². The molecule has 3 aromatic heterocycles. The fraction of sp³-hybridized carbons (Fsp3) is 0.0400. The second-order valence-corrected chi connectivity index (χ2v) is 8.24. The van der Waals surface area contributed by atoms with E-state index in [1.165, 1.54) is 0 Å². The van der Waals surface area contributed by atoms with Gasteiger partial charge in [0.15, 0.2) is 11.5 Å². The van der Waals surface area contributed by atoms with E-state index >= 15 is 0 Å². The molecule has 8 heteroatoms. The van der Waals surface area contributed by atoms with Gasteiger partial charge in [0.1, 0.15) is 5.82 Å². The molecule has 0 unspecified atom stereocenters. The molecule has 1 amide bonds. The minimum Gasteiger partial charge on any atom is -0.310 e. The average molecular weight is 474 g/mol. The van der Waals surface area contributed by atoms with Crippen molar-refractivity contribution in [2.45, 2.75) is 6.42 Å². The largest absolute Gasteiger partial charge is 0.310 e. The van der Waals surface area contributed by atoms with Crippen molar-refractivity contribution in [3.05, 3.63) is 101 Å². The van der Waals surface area contributed by atoms with Crippen LogP contribution >= 0.6 is 23.2 Å². The minimum absolute atomic E-state index is 0.0945. The van der Waals surface area contributed by atoms with E-state index in [1.807, 2.05) is 54.6 Å². The predicted molar refractivity (Wildman–Crippen MR) is 130 cm³/mol. The second-order valence-electron chi connectivity index (χ2n) is 7.40. The first-order valence-corrected chi connectivity index (χ1v) is 10.9. The van der Waals surface area contributed by atoms with E-state index in [-0.39, 0.29) is 12.3 Å². The predicted octanol–water partition coefficient (Wildman–Crippen LogP) is 5.95. The lowest BCUT2D eigenvalue weighted by molar-refractivity contribution is -0.115. The summed E-state index contributed by atoms with van der Waals surface area (Å²) in [6.45, 7) is 0. The molecule has 3 heterocycles. The maximum atomic E-state index is 12.9. The number of nitrogens with zero attached hydrogens (tertiary/aromatic N) is 4. The molecule has 0 aliphatic rings. The Bertz CT molecular complexity index is 1450. The van der Waals surface area contributed by atoms with E-state index in [0.717, 1.165) is 16.7 Å². The molecule has 5 rings (SSSR count). The third-order valence-corrected chi connectivity index (χ3v) is 5.70. The normalized spacial score (nSPS) is 11.0. The van der Waals surface area contributed by atoms with Crippen LogP contribution in [0.25, 0.3) is 28.2 Å². The van der Waals surface area contributed by atoms with Crippen molar-refractivity contribution >= 4 is 40.6 Å². The number of amides is 1. The molecule has 0 radical (unpaired) electrons. The number of halogens is 2. The molecule has 1 N–H and O–H groups in total. The van der Waals surface area contributed by atoms with Crippen molar-refractivity contribution in [2.24, 2.45) is 0 Å². The highest BCUT2D eigenvalue weighted by molar-refractivity contribution is 6.35. The van der Waals surface area contributed by atoms with Crippen LogP contribution in [0.15, 0.2) is 85.2 Å². The lowest BCUT2D eigenvalue weighted by Crippen LogP contribution is -2.17. The van der Waals surface area contributed by atoms with Gasteiger partial charge in [-0.05, 0) is 53.1 Å². The van der Waals surface area contributed by atoms with Crippen LogP contribution in [0.1, 0.15) is 5.56 Å². The van der Waals surface area contributed by atoms with Gasteiger partial charge in [-0.15, -0.1) is 5.10 Å². The molecule has 0 saturated heterocycles. The minimum atomic E-state index is -0.232. The van der Waals surface area contributed by atoms with Crippen LogP contribution < -0.4 is 5.32 Å². The lowest BCUT2D eigenvalue weighted by atomic mass is 10.1. The Morgan fingerprint density at radius 2 is 1.67 bits per heavy atom. The molecule has 33 heavy (non-hydrogen) atoms. The van der Waals surface area contributed by atoms with E-state index in [2.05, 4.69) is 15.4 Å². The smallest absolute Gasteiger partial charge is 0.230 e. The zero-order valence-electron chi connectivity index (χ0n) is 17.2. The van der Waals surface area contributed by atoms with E-state index in [9.17, 15) is 4.79 Å². The summed E-state index contributed by atoms with van der Waals surface area (Å²) in [6, 6.07) is 22.4. The first kappa shape index (κ1) is 21.1. The van der Waals surface area contributed by atoms with Gasteiger partial charge in [0, 0.05) is 28.0 Å². The summed E-state index contributed by atoms with van der Waals surface area (Å²) in [5, 5.41) is 8.57. The number of rotatable bonds is 5. The SMILES string of the molecule is O=C(Cc1ccc(Cl)cc1Cl)Nc1cc(-c2ccncc2)cc2nc(-c3ccccc3)nn12. The maximum absolute atomic E-state index is 12.9. The zero-order valence-corrected chi connectivity index (χ0v) is 18.8. The van der Waals surface area contributed by atoms with E-state index in [0.29, 0.717) is 32.9 Å². The van der Waals surface area contributed by atoms with Crippen molar-refractivity contribution < 1.29 is 4.79 Å². The highest BCUT2D eigenvalue weighted by Gasteiger charge is 2.15. The summed E-state index contributed by atoms with van der Waals surface area (Å²) in [5.74, 6) is 0.840. The van der Waals surface area contributed by atoms with Crippen LogP contribution in [0.5, 0.6) is 0 Å². The Hall–Kier alpha value is -3.74. The van der Waals surface area contributed by atoms with Gasteiger partial charge in [-0.3, -0.25) is 9.78 Å². The van der Waals surface area contributed by atoms with E-state index in [1.54, 1.807) is 35.1 Å². The van der Waals surface area contributed by atoms with Gasteiger partial charge in [0.2, 0.25) is 5.91 Å². The van der Waals surface area contributed by atoms with E-state index in [4.69, 9.17) is 28.2 Å². The van der Waals surface area contributed by atoms with Gasteiger partial charge in [-0.25, -0.2) is 4.98 Å². The second kappa shape index (κ2) is 9.02. The molecule has 0 spiro atoms. The molecular weight excluding hydrogens is 457 g/mol. The fourth-order valence-corrected chi connectivity index (χ4v) is 3.99. The van der Waals surface area contributed by atoms with Crippen LogP contribution in [0.4, 0.5) is 5.82 Å². The zero-order chi connectivity index (χ0) is 22.8. The maximum Gasteiger partial charge on any atom is 0.230 e. The fourth-order valence-electron chi connectivity index (χ4n) is 3.52. The van der Waals surface area contributed by atoms with Crippen molar-refractivity contribution in [3.63, 3.8) is 0 Å². The quantitative estimate of drug-likeness (QED) is 0.342. The van der Waals surface area contributed by atoms with Gasteiger partial charge in [-0.1, -0.05) is 59.6 Å². The Kier molecular flexibility index (Phi) is 5.77. The molecule has 2 aromatic carbocycles. The van der Waals surface area contributed by atoms with E-state index < -0.39 is 0 Å². The molecule has 5 aromatic rings. The summed E-state index contributed by atoms with van der Waals surface area (Å²) in [4.78, 5) is 21.7. The van der Waals surface area contributed by atoms with Crippen LogP contribution in [-0.2, 0) is 11.2 Å². The highest BCUT2D eigenvalue weighted by Crippen LogP contribution is 2.27. The van der Waals surface area contributed by atoms with Gasteiger partial charge in [0.05, 0.1) is 6.42 Å². The molecule has 0 aliphatic heterocycles. The Labute approximate surface area is 199 Å². The first-order valence-electron chi connectivity index (χ1n) is 10.2. The monoisotopic (exact) mass is 473 g/mol. The third kappa shape index (κ3) is 4.58. The first-order chi connectivity index (χ1) is 16.1. The van der Waals surface area contributed by atoms with Crippen LogP contribution in [0.3, 0.4) is 0 Å². The number of nitrogens with one attached hydrogen (secondary N) is 1. The molecule has 0 aliphatic carbocycles. The number of benzene rings is 2. The van der Waals surface area contributed by atoms with Gasteiger partial charge >= 0.3 is 0 Å². The molecule has 0 fully saturated rings. The summed E-state index contributed by atoms with van der Waals surface area (Å²) in [6.07, 6.45) is 3.54. The number of hydrogen-bond acceptors (Lipinski definition) is 4. The van der Waals surface area contributed by atoms with Crippen LogP contribution in [0.2, 0.25) is 10.0 Å². The number of pyridine rings is 2. The summed E-state index contributed by atoms with van der Waals surface area (Å²) >= 11 is 12.2. The standard InChI is InChI=1S/C25H17Cl2N5O/c26-20-7-6-18(21(27)15-20)14-24(33)29-22-12-19(16-8-10-28-11-9-16)13-23-30-25(31-32(22)23)17-4-2-1-3-5-17/h1-13,15H,14H2,(H,29,33). The molecule has 0 bridgehead atoms. The Morgan fingerprint density at radius 1 is 0.879 bits per heavy atom. The van der Waals surface area contributed by atoms with Gasteiger partial charge in [0.25, 0.3) is 0 Å². The molecule has 6 nitrogen and oxygen atoms in total. The third-order valence-electron chi connectivity index (χ3n) is 5.12. The van der Waals surface area contributed by atoms with Gasteiger partial charge in [-0.2, -0.15) is 4.52 Å². The summed E-state index contributed by atoms with van der Waals surface area (Å²) < 4.78 is 1.63. The van der Waals surface area contributed by atoms with Crippen molar-refractivity contribution in [1.82, 2.24) is 19.6 Å². The van der Waals surface area contributed by atoms with Crippen molar-refractivity contribution in [3.8, 4) is 22.5 Å². The Balaban J connectivity index is 1.55. The molecule has 0 saturated carbocycles. The van der Waals surface area contributed by atoms with Gasteiger partial charge < -0.3 is 5.32 Å². The Morgan fingerprint density at radius 3 is 2.42 bits per heavy atom. The number of fused-ring (bicyclic) bond motifs is 1. The lowest BCUT2D eigenvalue weighted by Gasteiger charge is -2.10. The average Bonchev–Trinajstić information content (AvgIpc) is 3.27. The number of carbonyl (C=O) groups excluding carboxylic acids is 1. The molecule has 0 atom stereocenters. The number of hydrogen-bond donors (Lipinski definition) is 1. The topological polar surface area (TPSA) is 72.2 Å². The number of carbonyl (C=O) groups is 1. The highest BCUT2D eigenvalue weighted by atomic mass is 35.5. The van der Waals surface area contributed by atoms with Crippen LogP contribution in [0, 0.1) is 0 Å². The summed E-state index contributed by atoms with van der Waals surface area (Å²) in [5.41, 5.74) is 4.02.